The Balaban J connectivity index is 1.33. The van der Waals surface area contributed by atoms with Gasteiger partial charge in [0.05, 0.1) is 23.0 Å². The number of halogens is 2. The Morgan fingerprint density at radius 3 is 2.53 bits per heavy atom. The summed E-state index contributed by atoms with van der Waals surface area (Å²) in [5.74, 6) is 0. The van der Waals surface area contributed by atoms with Gasteiger partial charge in [-0.2, -0.15) is 5.10 Å². The molecule has 36 heavy (non-hydrogen) atoms. The average molecular weight is 554 g/mol. The van der Waals surface area contributed by atoms with Crippen molar-refractivity contribution in [2.75, 3.05) is 10.3 Å². The van der Waals surface area contributed by atoms with E-state index in [9.17, 15) is 0 Å². The Morgan fingerprint density at radius 2 is 1.69 bits per heavy atom. The molecule has 0 fully saturated rings. The molecule has 0 spiro atoms. The molecule has 0 bridgehead atoms. The highest BCUT2D eigenvalue weighted by molar-refractivity contribution is 9.10. The number of hydrazone groups is 1. The van der Waals surface area contributed by atoms with Crippen LogP contribution in [0.5, 0.6) is 0 Å². The number of para-hydroxylation sites is 1. The predicted octanol–water partition coefficient (Wildman–Crippen LogP) is 8.75. The van der Waals surface area contributed by atoms with Crippen LogP contribution in [0.3, 0.4) is 0 Å². The van der Waals surface area contributed by atoms with Crippen molar-refractivity contribution in [3.63, 3.8) is 0 Å². The van der Waals surface area contributed by atoms with Crippen LogP contribution in [0, 0.1) is 0 Å². The standard InChI is InChI=1S/C30H22BrClN4/c31-22-11-9-20(10-12-22)30-19-28(35-36(30)25-7-2-1-3-8-25)21-5-4-6-24(17-21)34-27-15-16-33-29-18-23(32)13-14-26(27)29/h1-18,30H,19H2,(H,33,34). The van der Waals surface area contributed by atoms with Crippen LogP contribution in [0.15, 0.2) is 119 Å². The zero-order chi connectivity index (χ0) is 24.5. The van der Waals surface area contributed by atoms with Gasteiger partial charge in [-0.3, -0.25) is 9.99 Å². The molecule has 0 radical (unpaired) electrons. The summed E-state index contributed by atoms with van der Waals surface area (Å²) < 4.78 is 1.07. The van der Waals surface area contributed by atoms with Gasteiger partial charge < -0.3 is 5.32 Å². The maximum absolute atomic E-state index is 6.16. The highest BCUT2D eigenvalue weighted by atomic mass is 79.9. The highest BCUT2D eigenvalue weighted by Crippen LogP contribution is 2.37. The minimum absolute atomic E-state index is 0.126. The van der Waals surface area contributed by atoms with Crippen molar-refractivity contribution in [1.82, 2.24) is 4.98 Å². The van der Waals surface area contributed by atoms with Crippen molar-refractivity contribution >= 4 is 61.2 Å². The summed E-state index contributed by atoms with van der Waals surface area (Å²) in [5.41, 5.74) is 7.31. The van der Waals surface area contributed by atoms with E-state index in [4.69, 9.17) is 16.7 Å². The molecule has 0 amide bonds. The Labute approximate surface area is 223 Å². The largest absolute Gasteiger partial charge is 0.355 e. The second kappa shape index (κ2) is 9.76. The number of hydrogen-bond donors (Lipinski definition) is 1. The van der Waals surface area contributed by atoms with Gasteiger partial charge in [0.1, 0.15) is 0 Å². The number of pyridine rings is 1. The number of nitrogens with one attached hydrogen (secondary N) is 1. The molecule has 1 N–H and O–H groups in total. The monoisotopic (exact) mass is 552 g/mol. The fraction of sp³-hybridized carbons (Fsp3) is 0.0667. The van der Waals surface area contributed by atoms with Crippen molar-refractivity contribution in [2.45, 2.75) is 12.5 Å². The summed E-state index contributed by atoms with van der Waals surface area (Å²) in [6, 6.07) is 35.2. The predicted molar refractivity (Wildman–Crippen MR) is 153 cm³/mol. The summed E-state index contributed by atoms with van der Waals surface area (Å²) in [6.45, 7) is 0. The van der Waals surface area contributed by atoms with Crippen molar-refractivity contribution in [2.24, 2.45) is 5.10 Å². The van der Waals surface area contributed by atoms with Gasteiger partial charge in [-0.25, -0.2) is 0 Å². The number of fused-ring (bicyclic) bond motifs is 1. The van der Waals surface area contributed by atoms with Crippen LogP contribution in [0.4, 0.5) is 17.1 Å². The third-order valence-electron chi connectivity index (χ3n) is 6.37. The number of aromatic nitrogens is 1. The molecule has 1 aliphatic heterocycles. The van der Waals surface area contributed by atoms with E-state index in [0.717, 1.165) is 50.1 Å². The molecule has 0 aliphatic carbocycles. The first-order valence-corrected chi connectivity index (χ1v) is 12.9. The summed E-state index contributed by atoms with van der Waals surface area (Å²) in [7, 11) is 0. The summed E-state index contributed by atoms with van der Waals surface area (Å²) in [4.78, 5) is 4.45. The normalized spacial score (nSPS) is 15.2. The highest BCUT2D eigenvalue weighted by Gasteiger charge is 2.30. The zero-order valence-corrected chi connectivity index (χ0v) is 21.6. The SMILES string of the molecule is Clc1ccc2c(Nc3cccc(C4=NN(c5ccccc5)C(c5ccc(Br)cc5)C4)c3)ccnc2c1. The Hall–Kier alpha value is -3.67. The third kappa shape index (κ3) is 4.60. The number of hydrogen-bond acceptors (Lipinski definition) is 4. The topological polar surface area (TPSA) is 40.5 Å². The van der Waals surface area contributed by atoms with E-state index in [1.165, 1.54) is 5.56 Å². The van der Waals surface area contributed by atoms with Crippen molar-refractivity contribution < 1.29 is 0 Å². The van der Waals surface area contributed by atoms with E-state index in [-0.39, 0.29) is 6.04 Å². The van der Waals surface area contributed by atoms with E-state index in [1.807, 2.05) is 30.3 Å². The lowest BCUT2D eigenvalue weighted by atomic mass is 9.98. The van der Waals surface area contributed by atoms with E-state index in [2.05, 4.69) is 104 Å². The molecule has 4 aromatic carbocycles. The Morgan fingerprint density at radius 1 is 0.861 bits per heavy atom. The second-order valence-corrected chi connectivity index (χ2v) is 10.1. The molecule has 1 atom stereocenters. The van der Waals surface area contributed by atoms with Gasteiger partial charge in [0.25, 0.3) is 0 Å². The van der Waals surface area contributed by atoms with Crippen molar-refractivity contribution in [1.29, 1.82) is 0 Å². The van der Waals surface area contributed by atoms with Crippen LogP contribution in [0.1, 0.15) is 23.6 Å². The Kier molecular flexibility index (Phi) is 6.18. The first-order valence-electron chi connectivity index (χ1n) is 11.7. The van der Waals surface area contributed by atoms with Gasteiger partial charge in [-0.1, -0.05) is 70.0 Å². The molecule has 1 aromatic heterocycles. The number of benzene rings is 4. The average Bonchev–Trinajstić information content (AvgIpc) is 3.35. The molecular weight excluding hydrogens is 532 g/mol. The first-order chi connectivity index (χ1) is 17.6. The van der Waals surface area contributed by atoms with Crippen LogP contribution in [-0.4, -0.2) is 10.7 Å². The van der Waals surface area contributed by atoms with Crippen molar-refractivity contribution in [3.05, 3.63) is 130 Å². The molecule has 1 unspecified atom stereocenters. The number of rotatable bonds is 5. The third-order valence-corrected chi connectivity index (χ3v) is 7.13. The van der Waals surface area contributed by atoms with Crippen LogP contribution < -0.4 is 10.3 Å². The molecular formula is C30H22BrClN4. The van der Waals surface area contributed by atoms with E-state index >= 15 is 0 Å². The molecule has 6 rings (SSSR count). The van der Waals surface area contributed by atoms with E-state index in [0.29, 0.717) is 5.02 Å². The van der Waals surface area contributed by atoms with Gasteiger partial charge in [-0.15, -0.1) is 0 Å². The molecule has 1 aliphatic rings. The molecule has 176 valence electrons. The summed E-state index contributed by atoms with van der Waals surface area (Å²) in [5, 5.41) is 12.5. The van der Waals surface area contributed by atoms with Crippen molar-refractivity contribution in [3.8, 4) is 0 Å². The fourth-order valence-corrected chi connectivity index (χ4v) is 5.04. The van der Waals surface area contributed by atoms with Crippen LogP contribution >= 0.6 is 27.5 Å². The van der Waals surface area contributed by atoms with Gasteiger partial charge >= 0.3 is 0 Å². The van der Waals surface area contributed by atoms with Gasteiger partial charge in [0.15, 0.2) is 0 Å². The quantitative estimate of drug-likeness (QED) is 0.236. The van der Waals surface area contributed by atoms with Crippen LogP contribution in [0.25, 0.3) is 10.9 Å². The molecule has 6 heteroatoms. The minimum atomic E-state index is 0.126. The van der Waals surface area contributed by atoms with Gasteiger partial charge in [-0.05, 0) is 71.8 Å². The Bertz CT molecular complexity index is 1570. The maximum atomic E-state index is 6.16. The van der Waals surface area contributed by atoms with Crippen LogP contribution in [-0.2, 0) is 0 Å². The van der Waals surface area contributed by atoms with Crippen LogP contribution in [0.2, 0.25) is 5.02 Å². The zero-order valence-electron chi connectivity index (χ0n) is 19.3. The smallest absolute Gasteiger partial charge is 0.0831 e. The molecule has 2 heterocycles. The molecule has 0 saturated heterocycles. The number of anilines is 3. The summed E-state index contributed by atoms with van der Waals surface area (Å²) >= 11 is 9.72. The lowest BCUT2D eigenvalue weighted by Crippen LogP contribution is -2.18. The maximum Gasteiger partial charge on any atom is 0.0831 e. The minimum Gasteiger partial charge on any atom is -0.355 e. The first kappa shape index (κ1) is 22.8. The molecule has 4 nitrogen and oxygen atoms in total. The number of nitrogens with zero attached hydrogens (tertiary/aromatic N) is 3. The van der Waals surface area contributed by atoms with E-state index < -0.39 is 0 Å². The second-order valence-electron chi connectivity index (χ2n) is 8.72. The molecule has 0 saturated carbocycles. The summed E-state index contributed by atoms with van der Waals surface area (Å²) in [6.07, 6.45) is 2.61. The lowest BCUT2D eigenvalue weighted by molar-refractivity contribution is 0.709. The lowest BCUT2D eigenvalue weighted by Gasteiger charge is -2.24. The fourth-order valence-electron chi connectivity index (χ4n) is 4.61. The van der Waals surface area contributed by atoms with Gasteiger partial charge in [0, 0.05) is 38.9 Å². The van der Waals surface area contributed by atoms with E-state index in [1.54, 1.807) is 6.20 Å². The van der Waals surface area contributed by atoms with Gasteiger partial charge in [0.2, 0.25) is 0 Å². The molecule has 5 aromatic rings.